The zero-order chi connectivity index (χ0) is 45.4. The Bertz CT molecular complexity index is 3540. The van der Waals surface area contributed by atoms with Gasteiger partial charge in [-0.15, -0.1) is 0 Å². The summed E-state index contributed by atoms with van der Waals surface area (Å²) in [6.07, 6.45) is 2.20. The Morgan fingerprint density at radius 3 is 1.62 bits per heavy atom. The lowest BCUT2D eigenvalue weighted by Gasteiger charge is -2.34. The summed E-state index contributed by atoms with van der Waals surface area (Å²) in [5, 5.41) is 13.5. The highest BCUT2D eigenvalue weighted by Gasteiger charge is 2.46. The first-order chi connectivity index (χ1) is 33.6. The highest BCUT2D eigenvalue weighted by Crippen LogP contribution is 2.56. The standard InChI is InChI=1S/C64H44N4/c65-61(45-25-10-3-11-26-45)60(44-23-8-2-9-24-44)62-52-34-17-16-27-46(52)41-57(66-62)47-28-20-29-49(39-47)63-67-58(43-21-6-1-7-22-43)42-59(68-63)48-37-38-54-53-35-18-19-36-55(53)64(56(54)40-48,50-30-12-4-13-31-50)51-32-14-5-15-33-51/h1-42,65-66H/b62-60-,65-61?. The Morgan fingerprint density at radius 2 is 0.926 bits per heavy atom. The molecule has 2 heterocycles. The molecule has 0 saturated carbocycles. The Hall–Kier alpha value is -8.99. The number of allylic oxidation sites excluding steroid dienone is 1. The number of aromatic nitrogens is 2. The van der Waals surface area contributed by atoms with Gasteiger partial charge in [-0.05, 0) is 74.3 Å². The second-order valence-corrected chi connectivity index (χ2v) is 17.3. The molecule has 0 unspecified atom stereocenters. The first kappa shape index (κ1) is 40.5. The summed E-state index contributed by atoms with van der Waals surface area (Å²) in [4.78, 5) is 10.7. The summed E-state index contributed by atoms with van der Waals surface area (Å²) in [6, 6.07) is 87.2. The quantitative estimate of drug-likeness (QED) is 0.142. The third kappa shape index (κ3) is 6.99. The topological polar surface area (TPSA) is 61.7 Å². The maximum atomic E-state index is 9.65. The van der Waals surface area contributed by atoms with Crippen molar-refractivity contribution in [2.24, 2.45) is 0 Å². The van der Waals surface area contributed by atoms with Crippen LogP contribution in [0.25, 0.3) is 68.1 Å². The molecule has 2 aliphatic rings. The molecule has 0 bridgehead atoms. The van der Waals surface area contributed by atoms with Crippen molar-refractivity contribution < 1.29 is 0 Å². The summed E-state index contributed by atoms with van der Waals surface area (Å²) >= 11 is 0. The van der Waals surface area contributed by atoms with Gasteiger partial charge in [-0.2, -0.15) is 0 Å². The van der Waals surface area contributed by atoms with E-state index in [0.29, 0.717) is 11.5 Å². The van der Waals surface area contributed by atoms with Crippen molar-refractivity contribution in [2.45, 2.75) is 5.41 Å². The van der Waals surface area contributed by atoms with Crippen molar-refractivity contribution in [1.82, 2.24) is 15.3 Å². The zero-order valence-electron chi connectivity index (χ0n) is 37.1. The van der Waals surface area contributed by atoms with E-state index in [9.17, 15) is 5.41 Å². The minimum atomic E-state index is -0.538. The minimum absolute atomic E-state index is 0.447. The van der Waals surface area contributed by atoms with Crippen molar-refractivity contribution in [2.75, 3.05) is 0 Å². The molecular weight excluding hydrogens is 825 g/mol. The highest BCUT2D eigenvalue weighted by molar-refractivity contribution is 6.36. The van der Waals surface area contributed by atoms with E-state index in [1.165, 1.54) is 33.4 Å². The molecule has 12 rings (SSSR count). The maximum Gasteiger partial charge on any atom is 0.160 e. The van der Waals surface area contributed by atoms with Crippen LogP contribution in [0.5, 0.6) is 0 Å². The van der Waals surface area contributed by atoms with Crippen molar-refractivity contribution in [3.8, 4) is 45.0 Å². The third-order valence-electron chi connectivity index (χ3n) is 13.4. The first-order valence-electron chi connectivity index (χ1n) is 23.1. The fourth-order valence-corrected chi connectivity index (χ4v) is 10.3. The monoisotopic (exact) mass is 868 g/mol. The van der Waals surface area contributed by atoms with Gasteiger partial charge in [0.15, 0.2) is 5.82 Å². The van der Waals surface area contributed by atoms with Gasteiger partial charge in [-0.25, -0.2) is 9.97 Å². The molecule has 1 aliphatic heterocycles. The van der Waals surface area contributed by atoms with Crippen LogP contribution in [0.2, 0.25) is 0 Å². The maximum absolute atomic E-state index is 9.65. The van der Waals surface area contributed by atoms with E-state index in [1.54, 1.807) is 0 Å². The van der Waals surface area contributed by atoms with Crippen LogP contribution in [0.1, 0.15) is 50.1 Å². The molecule has 320 valence electrons. The molecule has 10 aromatic rings. The summed E-state index contributed by atoms with van der Waals surface area (Å²) in [5.74, 6) is 0.632. The summed E-state index contributed by atoms with van der Waals surface area (Å²) in [7, 11) is 0. The van der Waals surface area contributed by atoms with Gasteiger partial charge in [0.2, 0.25) is 0 Å². The second kappa shape index (κ2) is 17.1. The molecular formula is C64H44N4. The molecule has 68 heavy (non-hydrogen) atoms. The van der Waals surface area contributed by atoms with Crippen molar-refractivity contribution in [3.63, 3.8) is 0 Å². The molecule has 1 aliphatic carbocycles. The van der Waals surface area contributed by atoms with Crippen molar-refractivity contribution >= 4 is 28.8 Å². The number of nitrogens with one attached hydrogen (secondary N) is 2. The lowest BCUT2D eigenvalue weighted by atomic mass is 9.67. The normalized spacial score (nSPS) is 13.9. The van der Waals surface area contributed by atoms with E-state index in [0.717, 1.165) is 72.9 Å². The van der Waals surface area contributed by atoms with Crippen molar-refractivity contribution in [1.29, 1.82) is 5.41 Å². The van der Waals surface area contributed by atoms with Gasteiger partial charge in [0, 0.05) is 39.1 Å². The molecule has 0 atom stereocenters. The van der Waals surface area contributed by atoms with Gasteiger partial charge >= 0.3 is 0 Å². The SMILES string of the molecule is N=C(/C(=C1\NC(c2cccc(-c3nc(-c4ccccc4)cc(-c4ccc5c(c4)C(c4ccccc4)(c4ccccc4)c4ccccc4-5)n3)c2)=Cc2ccccc21)c1ccccc1)c1ccccc1. The number of benzene rings is 9. The molecule has 0 amide bonds. The van der Waals surface area contributed by atoms with Gasteiger partial charge in [0.25, 0.3) is 0 Å². The van der Waals surface area contributed by atoms with Crippen LogP contribution in [0.4, 0.5) is 0 Å². The lowest BCUT2D eigenvalue weighted by Crippen LogP contribution is -2.28. The Balaban J connectivity index is 1.01. The zero-order valence-corrected chi connectivity index (χ0v) is 37.1. The van der Waals surface area contributed by atoms with Crippen molar-refractivity contribution in [3.05, 3.63) is 299 Å². The van der Waals surface area contributed by atoms with E-state index < -0.39 is 5.41 Å². The van der Waals surface area contributed by atoms with Crippen LogP contribution in [0.15, 0.2) is 249 Å². The van der Waals surface area contributed by atoms with Crippen LogP contribution in [0.3, 0.4) is 0 Å². The smallest absolute Gasteiger partial charge is 0.160 e. The van der Waals surface area contributed by atoms with Gasteiger partial charge in [0.1, 0.15) is 0 Å². The van der Waals surface area contributed by atoms with Crippen LogP contribution in [0, 0.1) is 5.41 Å². The molecule has 0 fully saturated rings. The second-order valence-electron chi connectivity index (χ2n) is 17.3. The fraction of sp³-hybridized carbons (Fsp3) is 0.0156. The molecule has 0 spiro atoms. The van der Waals surface area contributed by atoms with E-state index in [1.807, 2.05) is 54.6 Å². The third-order valence-corrected chi connectivity index (χ3v) is 13.4. The van der Waals surface area contributed by atoms with Gasteiger partial charge in [-0.1, -0.05) is 231 Å². The number of hydrogen-bond acceptors (Lipinski definition) is 4. The molecule has 0 radical (unpaired) electrons. The number of nitrogens with zero attached hydrogens (tertiary/aromatic N) is 2. The van der Waals surface area contributed by atoms with Gasteiger partial charge < -0.3 is 5.32 Å². The number of rotatable bonds is 9. The molecule has 1 aromatic heterocycles. The molecule has 9 aromatic carbocycles. The van der Waals surface area contributed by atoms with Crippen LogP contribution in [-0.4, -0.2) is 15.7 Å². The minimum Gasteiger partial charge on any atom is -0.354 e. The first-order valence-corrected chi connectivity index (χ1v) is 23.1. The fourth-order valence-electron chi connectivity index (χ4n) is 10.3. The van der Waals surface area contributed by atoms with E-state index in [4.69, 9.17) is 9.97 Å². The lowest BCUT2D eigenvalue weighted by molar-refractivity contribution is 0.768. The van der Waals surface area contributed by atoms with Crippen LogP contribution < -0.4 is 5.32 Å². The predicted molar refractivity (Wildman–Crippen MR) is 280 cm³/mol. The molecule has 4 heteroatoms. The van der Waals surface area contributed by atoms with Gasteiger partial charge in [0.05, 0.1) is 28.2 Å². The van der Waals surface area contributed by atoms with E-state index >= 15 is 0 Å². The van der Waals surface area contributed by atoms with Crippen LogP contribution >= 0.6 is 0 Å². The largest absolute Gasteiger partial charge is 0.354 e. The van der Waals surface area contributed by atoms with Gasteiger partial charge in [-0.3, -0.25) is 5.41 Å². The number of hydrogen-bond donors (Lipinski definition) is 2. The Labute approximate surface area is 396 Å². The Morgan fingerprint density at radius 1 is 0.397 bits per heavy atom. The van der Waals surface area contributed by atoms with E-state index in [-0.39, 0.29) is 0 Å². The highest BCUT2D eigenvalue weighted by atomic mass is 14.9. The summed E-state index contributed by atoms with van der Waals surface area (Å²) in [6.45, 7) is 0. The molecule has 2 N–H and O–H groups in total. The van der Waals surface area contributed by atoms with Crippen LogP contribution in [-0.2, 0) is 5.41 Å². The molecule has 0 saturated heterocycles. The average Bonchev–Trinajstić information content (AvgIpc) is 3.72. The predicted octanol–water partition coefficient (Wildman–Crippen LogP) is 14.9. The van der Waals surface area contributed by atoms with E-state index in [2.05, 4.69) is 206 Å². The average molecular weight is 869 g/mol. The summed E-state index contributed by atoms with van der Waals surface area (Å²) < 4.78 is 0. The molecule has 4 nitrogen and oxygen atoms in total. The Kier molecular flexibility index (Phi) is 10.2. The number of fused-ring (bicyclic) bond motifs is 4. The summed E-state index contributed by atoms with van der Waals surface area (Å²) in [5.41, 5.74) is 19.5.